The van der Waals surface area contributed by atoms with Crippen LogP contribution in [0.3, 0.4) is 0 Å². The monoisotopic (exact) mass is 187 g/mol. The predicted molar refractivity (Wildman–Crippen MR) is 48.6 cm³/mol. The molecule has 0 aromatic heterocycles. The van der Waals surface area contributed by atoms with E-state index in [9.17, 15) is 4.79 Å². The van der Waals surface area contributed by atoms with Crippen LogP contribution in [-0.4, -0.2) is 11.2 Å². The van der Waals surface area contributed by atoms with E-state index in [1.807, 2.05) is 30.3 Å². The van der Waals surface area contributed by atoms with Crippen LogP contribution in [0.4, 0.5) is 4.79 Å². The zero-order valence-corrected chi connectivity index (χ0v) is 7.17. The summed E-state index contributed by atoms with van der Waals surface area (Å²) in [6.07, 6.45) is -0.992. The lowest BCUT2D eigenvalue weighted by Crippen LogP contribution is -2.19. The topological polar surface area (TPSA) is 49.3 Å². The zero-order valence-electron chi connectivity index (χ0n) is 6.36. The Labute approximate surface area is 76.8 Å². The molecule has 1 amide bonds. The van der Waals surface area contributed by atoms with Crippen molar-refractivity contribution in [3.63, 3.8) is 0 Å². The van der Waals surface area contributed by atoms with Gasteiger partial charge in [-0.15, -0.1) is 12.4 Å². The maximum atomic E-state index is 10.1. The molecule has 1 aromatic carbocycles. The lowest BCUT2D eigenvalue weighted by atomic mass is 10.2. The maximum Gasteiger partial charge on any atom is 0.404 e. The summed E-state index contributed by atoms with van der Waals surface area (Å²) in [7, 11) is 0. The molecule has 0 radical (unpaired) electrons. The minimum atomic E-state index is -0.992. The molecule has 1 aromatic rings. The highest BCUT2D eigenvalue weighted by Gasteiger charge is 1.93. The van der Waals surface area contributed by atoms with Gasteiger partial charge in [-0.2, -0.15) is 0 Å². The Morgan fingerprint density at radius 2 is 1.92 bits per heavy atom. The lowest BCUT2D eigenvalue weighted by Gasteiger charge is -1.98. The third-order valence-electron chi connectivity index (χ3n) is 1.29. The minimum Gasteiger partial charge on any atom is -0.465 e. The van der Waals surface area contributed by atoms with Gasteiger partial charge in [-0.1, -0.05) is 30.3 Å². The van der Waals surface area contributed by atoms with Crippen molar-refractivity contribution in [1.82, 2.24) is 5.32 Å². The van der Waals surface area contributed by atoms with Crippen molar-refractivity contribution in [2.75, 3.05) is 0 Å². The third-order valence-corrected chi connectivity index (χ3v) is 1.29. The molecule has 0 aliphatic carbocycles. The van der Waals surface area contributed by atoms with Crippen molar-refractivity contribution in [3.8, 4) is 0 Å². The van der Waals surface area contributed by atoms with Crippen molar-refractivity contribution in [3.05, 3.63) is 35.9 Å². The molecular weight excluding hydrogens is 178 g/mol. The highest BCUT2D eigenvalue weighted by Crippen LogP contribution is 1.96. The molecule has 0 heterocycles. The van der Waals surface area contributed by atoms with Crippen LogP contribution >= 0.6 is 12.4 Å². The van der Waals surface area contributed by atoms with Gasteiger partial charge in [0.1, 0.15) is 0 Å². The number of amides is 1. The van der Waals surface area contributed by atoms with Crippen molar-refractivity contribution < 1.29 is 9.90 Å². The minimum absolute atomic E-state index is 0. The molecule has 0 saturated carbocycles. The number of carboxylic acid groups (broad SMARTS) is 1. The fraction of sp³-hybridized carbons (Fsp3) is 0.125. The van der Waals surface area contributed by atoms with E-state index in [0.29, 0.717) is 6.54 Å². The van der Waals surface area contributed by atoms with Gasteiger partial charge in [0.05, 0.1) is 0 Å². The molecule has 2 N–H and O–H groups in total. The van der Waals surface area contributed by atoms with Gasteiger partial charge in [-0.25, -0.2) is 4.79 Å². The van der Waals surface area contributed by atoms with E-state index in [4.69, 9.17) is 5.11 Å². The van der Waals surface area contributed by atoms with E-state index in [1.54, 1.807) is 0 Å². The quantitative estimate of drug-likeness (QED) is 0.743. The first-order chi connectivity index (χ1) is 5.29. The van der Waals surface area contributed by atoms with E-state index < -0.39 is 6.09 Å². The summed E-state index contributed by atoms with van der Waals surface area (Å²) in [4.78, 5) is 10.1. The number of hydrogen-bond donors (Lipinski definition) is 2. The first-order valence-corrected chi connectivity index (χ1v) is 3.30. The van der Waals surface area contributed by atoms with E-state index in [2.05, 4.69) is 5.32 Å². The zero-order chi connectivity index (χ0) is 8.10. The van der Waals surface area contributed by atoms with Crippen LogP contribution in [0.1, 0.15) is 5.56 Å². The second-order valence-corrected chi connectivity index (χ2v) is 2.14. The molecule has 0 aliphatic rings. The summed E-state index contributed by atoms with van der Waals surface area (Å²) >= 11 is 0. The van der Waals surface area contributed by atoms with Crippen molar-refractivity contribution >= 4 is 18.5 Å². The highest BCUT2D eigenvalue weighted by molar-refractivity contribution is 5.85. The normalized spacial score (nSPS) is 8.33. The van der Waals surface area contributed by atoms with Gasteiger partial charge >= 0.3 is 6.09 Å². The first kappa shape index (κ1) is 10.8. The molecule has 3 nitrogen and oxygen atoms in total. The fourth-order valence-electron chi connectivity index (χ4n) is 0.774. The molecular formula is C8H10ClNO2. The number of rotatable bonds is 2. The number of benzene rings is 1. The largest absolute Gasteiger partial charge is 0.465 e. The van der Waals surface area contributed by atoms with Gasteiger partial charge in [0.25, 0.3) is 0 Å². The molecule has 66 valence electrons. The Morgan fingerprint density at radius 3 is 2.42 bits per heavy atom. The van der Waals surface area contributed by atoms with Crippen molar-refractivity contribution in [1.29, 1.82) is 0 Å². The van der Waals surface area contributed by atoms with E-state index in [-0.39, 0.29) is 12.4 Å². The Bertz CT molecular complexity index is 238. The maximum absolute atomic E-state index is 10.1. The summed E-state index contributed by atoms with van der Waals surface area (Å²) < 4.78 is 0. The first-order valence-electron chi connectivity index (χ1n) is 3.30. The van der Waals surface area contributed by atoms with E-state index in [0.717, 1.165) is 5.56 Å². The molecule has 0 aliphatic heterocycles. The second-order valence-electron chi connectivity index (χ2n) is 2.14. The van der Waals surface area contributed by atoms with Crippen LogP contribution in [0.25, 0.3) is 0 Å². The van der Waals surface area contributed by atoms with Crippen LogP contribution in [0, 0.1) is 0 Å². The summed E-state index contributed by atoms with van der Waals surface area (Å²) in [5.41, 5.74) is 0.968. The molecule has 0 saturated heterocycles. The van der Waals surface area contributed by atoms with E-state index >= 15 is 0 Å². The average Bonchev–Trinajstić information content (AvgIpc) is 2.03. The van der Waals surface area contributed by atoms with Gasteiger partial charge in [0, 0.05) is 6.54 Å². The van der Waals surface area contributed by atoms with Crippen LogP contribution in [-0.2, 0) is 6.54 Å². The fourth-order valence-corrected chi connectivity index (χ4v) is 0.774. The number of halogens is 1. The predicted octanol–water partition coefficient (Wildman–Crippen LogP) is 1.88. The molecule has 1 rings (SSSR count). The Balaban J connectivity index is 0.00000121. The van der Waals surface area contributed by atoms with Crippen LogP contribution in [0.5, 0.6) is 0 Å². The Morgan fingerprint density at radius 1 is 1.33 bits per heavy atom. The SMILES string of the molecule is Cl.O=C(O)NCc1ccccc1. The Kier molecular flexibility index (Phi) is 4.88. The van der Waals surface area contributed by atoms with Crippen LogP contribution in [0.15, 0.2) is 30.3 Å². The summed E-state index contributed by atoms with van der Waals surface area (Å²) in [5, 5.41) is 10.5. The van der Waals surface area contributed by atoms with Crippen LogP contribution < -0.4 is 5.32 Å². The number of nitrogens with one attached hydrogen (secondary N) is 1. The summed E-state index contributed by atoms with van der Waals surface area (Å²) in [5.74, 6) is 0. The molecule has 0 fully saturated rings. The lowest BCUT2D eigenvalue weighted by molar-refractivity contribution is 0.194. The van der Waals surface area contributed by atoms with Crippen LogP contribution in [0.2, 0.25) is 0 Å². The third kappa shape index (κ3) is 3.83. The molecule has 12 heavy (non-hydrogen) atoms. The van der Waals surface area contributed by atoms with Gasteiger partial charge in [-0.05, 0) is 5.56 Å². The molecule has 4 heteroatoms. The van der Waals surface area contributed by atoms with Gasteiger partial charge in [-0.3, -0.25) is 0 Å². The Hall–Kier alpha value is -1.22. The van der Waals surface area contributed by atoms with Crippen molar-refractivity contribution in [2.45, 2.75) is 6.54 Å². The van der Waals surface area contributed by atoms with Gasteiger partial charge in [0.15, 0.2) is 0 Å². The molecule has 0 atom stereocenters. The van der Waals surface area contributed by atoms with Gasteiger partial charge in [0.2, 0.25) is 0 Å². The molecule has 0 bridgehead atoms. The molecule has 0 unspecified atom stereocenters. The number of carbonyl (C=O) groups is 1. The van der Waals surface area contributed by atoms with Gasteiger partial charge < -0.3 is 10.4 Å². The second kappa shape index (κ2) is 5.43. The number of hydrogen-bond acceptors (Lipinski definition) is 1. The standard InChI is InChI=1S/C8H9NO2.ClH/c10-8(11)9-6-7-4-2-1-3-5-7;/h1-5,9H,6H2,(H,10,11);1H. The van der Waals surface area contributed by atoms with Crippen molar-refractivity contribution in [2.24, 2.45) is 0 Å². The smallest absolute Gasteiger partial charge is 0.404 e. The van der Waals surface area contributed by atoms with E-state index in [1.165, 1.54) is 0 Å². The highest BCUT2D eigenvalue weighted by atomic mass is 35.5. The molecule has 0 spiro atoms. The summed E-state index contributed by atoms with van der Waals surface area (Å²) in [6.45, 7) is 0.371. The summed E-state index contributed by atoms with van der Waals surface area (Å²) in [6, 6.07) is 9.38. The average molecular weight is 188 g/mol.